The Labute approximate surface area is 128 Å². The molecule has 6 heteroatoms. The Morgan fingerprint density at radius 2 is 1.90 bits per heavy atom. The molecule has 1 aliphatic heterocycles. The highest BCUT2D eigenvalue weighted by Crippen LogP contribution is 2.43. The quantitative estimate of drug-likeness (QED) is 0.872. The molecule has 2 atom stereocenters. The third-order valence-electron chi connectivity index (χ3n) is 3.92. The highest BCUT2D eigenvalue weighted by Gasteiger charge is 2.62. The first-order valence-corrected chi connectivity index (χ1v) is 7.04. The fraction of sp³-hybridized carbons (Fsp3) is 0.467. The lowest BCUT2D eigenvalue weighted by atomic mass is 9.86. The number of nitrogens with zero attached hydrogens (tertiary/aromatic N) is 1. The third kappa shape index (κ3) is 2.51. The van der Waals surface area contributed by atoms with Crippen LogP contribution in [0, 0.1) is 0 Å². The monoisotopic (exact) mass is 311 g/mol. The van der Waals surface area contributed by atoms with Crippen molar-refractivity contribution in [2.45, 2.75) is 44.6 Å². The number of amides is 1. The molecule has 1 amide bonds. The molecule has 0 spiro atoms. The van der Waals surface area contributed by atoms with E-state index < -0.39 is 28.7 Å². The molecule has 1 aliphatic rings. The van der Waals surface area contributed by atoms with E-state index in [0.717, 1.165) is 10.5 Å². The molecule has 0 unspecified atom stereocenters. The molecule has 0 saturated carbocycles. The number of carbonyl (C=O) groups excluding carboxylic acids is 1. The summed E-state index contributed by atoms with van der Waals surface area (Å²) in [7, 11) is 0. The molecule has 1 saturated heterocycles. The van der Waals surface area contributed by atoms with Crippen molar-refractivity contribution in [3.8, 4) is 0 Å². The average Bonchev–Trinajstić information content (AvgIpc) is 2.57. The number of halogens is 1. The van der Waals surface area contributed by atoms with E-state index in [1.807, 2.05) is 30.3 Å². The maximum Gasteiger partial charge on any atom is 0.410 e. The predicted octanol–water partition coefficient (Wildman–Crippen LogP) is 2.87. The van der Waals surface area contributed by atoms with Gasteiger partial charge in [-0.2, -0.15) is 0 Å². The number of hydrogen-bond acceptors (Lipinski definition) is 3. The van der Waals surface area contributed by atoms with Gasteiger partial charge in [-0.25, -0.2) is 4.79 Å². The van der Waals surface area contributed by atoms with Gasteiger partial charge in [-0.15, -0.1) is 0 Å². The van der Waals surface area contributed by atoms with Crippen molar-refractivity contribution in [2.24, 2.45) is 0 Å². The zero-order valence-electron chi connectivity index (χ0n) is 12.2. The van der Waals surface area contributed by atoms with E-state index in [4.69, 9.17) is 16.3 Å². The Morgan fingerprint density at radius 3 is 2.38 bits per heavy atom. The second kappa shape index (κ2) is 5.31. The summed E-state index contributed by atoms with van der Waals surface area (Å²) in [6.07, 6.45) is -1.70. The third-order valence-corrected chi connectivity index (χ3v) is 4.25. The Morgan fingerprint density at radius 1 is 1.33 bits per heavy atom. The fourth-order valence-corrected chi connectivity index (χ4v) is 3.40. The van der Waals surface area contributed by atoms with Gasteiger partial charge in [-0.05, 0) is 37.9 Å². The summed E-state index contributed by atoms with van der Waals surface area (Å²) in [5.41, 5.74) is -1.73. The van der Waals surface area contributed by atoms with Crippen molar-refractivity contribution < 1.29 is 19.4 Å². The number of rotatable bonds is 3. The van der Waals surface area contributed by atoms with Gasteiger partial charge in [0.25, 0.3) is 5.24 Å². The fourth-order valence-electron chi connectivity index (χ4n) is 3.09. The molecule has 1 aromatic rings. The van der Waals surface area contributed by atoms with Crippen LogP contribution in [0.1, 0.15) is 26.3 Å². The van der Waals surface area contributed by atoms with E-state index in [-0.39, 0.29) is 6.42 Å². The molecule has 114 valence electrons. The Bertz CT molecular complexity index is 560. The van der Waals surface area contributed by atoms with Crippen molar-refractivity contribution in [1.82, 2.24) is 4.90 Å². The first-order valence-electron chi connectivity index (χ1n) is 6.67. The second-order valence-corrected chi connectivity index (χ2v) is 6.03. The first kappa shape index (κ1) is 15.8. The zero-order valence-corrected chi connectivity index (χ0v) is 12.9. The van der Waals surface area contributed by atoms with Crippen LogP contribution >= 0.6 is 11.6 Å². The molecular formula is C15H18ClNO4. The molecule has 1 aromatic carbocycles. The van der Waals surface area contributed by atoms with Gasteiger partial charge >= 0.3 is 6.09 Å². The van der Waals surface area contributed by atoms with E-state index in [1.54, 1.807) is 20.8 Å². The average molecular weight is 312 g/mol. The number of carbonyl (C=O) groups is 2. The molecule has 0 aliphatic carbocycles. The van der Waals surface area contributed by atoms with Gasteiger partial charge in [0.2, 0.25) is 0 Å². The van der Waals surface area contributed by atoms with E-state index in [2.05, 4.69) is 0 Å². The van der Waals surface area contributed by atoms with Crippen LogP contribution in [0.15, 0.2) is 30.3 Å². The van der Waals surface area contributed by atoms with E-state index in [9.17, 15) is 14.7 Å². The van der Waals surface area contributed by atoms with Crippen LogP contribution in [-0.4, -0.2) is 38.7 Å². The van der Waals surface area contributed by atoms with E-state index in [0.29, 0.717) is 0 Å². The summed E-state index contributed by atoms with van der Waals surface area (Å²) in [6, 6.07) is 9.18. The molecule has 1 N–H and O–H groups in total. The topological polar surface area (TPSA) is 66.8 Å². The standard InChI is InChI=1S/C15H18ClNO4/c1-10-15(12(16)18,9-11-7-5-4-6-8-11)17(13(19)20)14(2,3)21-10/h4-8,10H,9H2,1-3H3,(H,19,20)/t10-,15+/m1/s1. The minimum atomic E-state index is -1.43. The minimum absolute atomic E-state index is 0.174. The smallest absolute Gasteiger partial charge is 0.410 e. The molecule has 2 rings (SSSR count). The number of ether oxygens (including phenoxy) is 1. The van der Waals surface area contributed by atoms with Crippen LogP contribution in [-0.2, 0) is 16.0 Å². The van der Waals surface area contributed by atoms with Crippen molar-refractivity contribution in [3.05, 3.63) is 35.9 Å². The largest absolute Gasteiger partial charge is 0.465 e. The number of hydrogen-bond donors (Lipinski definition) is 1. The summed E-state index contributed by atoms with van der Waals surface area (Å²) < 4.78 is 5.71. The molecule has 0 aromatic heterocycles. The van der Waals surface area contributed by atoms with Gasteiger partial charge in [-0.1, -0.05) is 30.3 Å². The highest BCUT2D eigenvalue weighted by atomic mass is 35.5. The molecular weight excluding hydrogens is 294 g/mol. The van der Waals surface area contributed by atoms with Gasteiger partial charge in [0.15, 0.2) is 5.54 Å². The van der Waals surface area contributed by atoms with Crippen LogP contribution < -0.4 is 0 Å². The van der Waals surface area contributed by atoms with E-state index in [1.165, 1.54) is 0 Å². The van der Waals surface area contributed by atoms with Crippen LogP contribution in [0.4, 0.5) is 4.79 Å². The van der Waals surface area contributed by atoms with Crippen molar-refractivity contribution in [3.63, 3.8) is 0 Å². The maximum absolute atomic E-state index is 12.2. The van der Waals surface area contributed by atoms with Gasteiger partial charge in [-0.3, -0.25) is 9.69 Å². The second-order valence-electron chi connectivity index (χ2n) is 5.69. The lowest BCUT2D eigenvalue weighted by Gasteiger charge is -2.38. The molecule has 1 fully saturated rings. The van der Waals surface area contributed by atoms with E-state index >= 15 is 0 Å². The first-order chi connectivity index (χ1) is 9.71. The summed E-state index contributed by atoms with van der Waals surface area (Å²) in [6.45, 7) is 4.91. The van der Waals surface area contributed by atoms with Gasteiger partial charge < -0.3 is 9.84 Å². The van der Waals surface area contributed by atoms with Crippen LogP contribution in [0.25, 0.3) is 0 Å². The number of benzene rings is 1. The zero-order chi connectivity index (χ0) is 15.8. The van der Waals surface area contributed by atoms with Gasteiger partial charge in [0, 0.05) is 6.42 Å². The van der Waals surface area contributed by atoms with Crippen LogP contribution in [0.2, 0.25) is 0 Å². The van der Waals surface area contributed by atoms with Crippen LogP contribution in [0.3, 0.4) is 0 Å². The summed E-state index contributed by atoms with van der Waals surface area (Å²) >= 11 is 5.83. The van der Waals surface area contributed by atoms with Crippen molar-refractivity contribution >= 4 is 22.9 Å². The highest BCUT2D eigenvalue weighted by molar-refractivity contribution is 6.66. The van der Waals surface area contributed by atoms with Crippen molar-refractivity contribution in [1.29, 1.82) is 0 Å². The molecule has 0 radical (unpaired) electrons. The number of carboxylic acid groups (broad SMARTS) is 1. The normalized spacial score (nSPS) is 27.6. The molecule has 5 nitrogen and oxygen atoms in total. The van der Waals surface area contributed by atoms with Gasteiger partial charge in [0.05, 0.1) is 6.10 Å². The van der Waals surface area contributed by atoms with Crippen molar-refractivity contribution in [2.75, 3.05) is 0 Å². The van der Waals surface area contributed by atoms with Gasteiger partial charge in [0.1, 0.15) is 5.72 Å². The predicted molar refractivity (Wildman–Crippen MR) is 78.2 cm³/mol. The summed E-state index contributed by atoms with van der Waals surface area (Å²) in [4.78, 5) is 24.9. The lowest BCUT2D eigenvalue weighted by Crippen LogP contribution is -2.61. The van der Waals surface area contributed by atoms with Crippen LogP contribution in [0.5, 0.6) is 0 Å². The Balaban J connectivity index is 2.54. The Kier molecular flexibility index (Phi) is 4.00. The summed E-state index contributed by atoms with van der Waals surface area (Å²) in [5, 5.41) is 8.83. The lowest BCUT2D eigenvalue weighted by molar-refractivity contribution is -0.122. The maximum atomic E-state index is 12.2. The molecule has 0 bridgehead atoms. The molecule has 1 heterocycles. The minimum Gasteiger partial charge on any atom is -0.465 e. The summed E-state index contributed by atoms with van der Waals surface area (Å²) in [5.74, 6) is 0. The Hall–Kier alpha value is -1.59. The molecule has 21 heavy (non-hydrogen) atoms. The SMILES string of the molecule is C[C@H]1OC(C)(C)N(C(=O)O)[C@]1(Cc1ccccc1)C(=O)Cl.